The average molecular weight is 250 g/mol. The van der Waals surface area contributed by atoms with Crippen molar-refractivity contribution in [2.45, 2.75) is 30.8 Å². The molecule has 0 aliphatic rings. The molecule has 80 valence electrons. The molecule has 0 aliphatic carbocycles. The van der Waals surface area contributed by atoms with Crippen LogP contribution >= 0.6 is 34.7 Å². The van der Waals surface area contributed by atoms with Crippen molar-refractivity contribution in [3.05, 3.63) is 21.3 Å². The predicted molar refractivity (Wildman–Crippen MR) is 68.5 cm³/mol. The smallest absolute Gasteiger partial charge is 0.0931 e. The minimum atomic E-state index is 0.405. The monoisotopic (exact) mass is 249 g/mol. The van der Waals surface area contributed by atoms with E-state index in [1.807, 2.05) is 17.8 Å². The van der Waals surface area contributed by atoms with Crippen LogP contribution in [0.1, 0.15) is 30.4 Å². The van der Waals surface area contributed by atoms with Gasteiger partial charge in [0.25, 0.3) is 0 Å². The van der Waals surface area contributed by atoms with Crippen molar-refractivity contribution in [1.29, 1.82) is 0 Å². The van der Waals surface area contributed by atoms with E-state index in [0.717, 1.165) is 4.34 Å². The van der Waals surface area contributed by atoms with Crippen molar-refractivity contribution in [2.75, 3.05) is 6.54 Å². The van der Waals surface area contributed by atoms with Crippen molar-refractivity contribution in [3.63, 3.8) is 0 Å². The van der Waals surface area contributed by atoms with Gasteiger partial charge in [0.15, 0.2) is 0 Å². The molecule has 0 bridgehead atoms. The second-order valence-corrected chi connectivity index (χ2v) is 6.61. The summed E-state index contributed by atoms with van der Waals surface area (Å²) in [5, 5.41) is 1.06. The maximum Gasteiger partial charge on any atom is 0.0931 e. The molecule has 4 heteroatoms. The highest BCUT2D eigenvalue weighted by atomic mass is 35.5. The van der Waals surface area contributed by atoms with E-state index in [1.54, 1.807) is 11.3 Å². The molecule has 0 spiro atoms. The van der Waals surface area contributed by atoms with Crippen molar-refractivity contribution in [1.82, 2.24) is 0 Å². The van der Waals surface area contributed by atoms with Crippen molar-refractivity contribution in [3.8, 4) is 0 Å². The molecule has 2 unspecified atom stereocenters. The van der Waals surface area contributed by atoms with E-state index in [1.165, 1.54) is 11.3 Å². The normalized spacial score (nSPS) is 15.4. The van der Waals surface area contributed by atoms with E-state index < -0.39 is 0 Å². The SMILES string of the molecule is CCC(C)SC(CN)c1ccc(Cl)s1. The molecular weight excluding hydrogens is 234 g/mol. The number of thiophene rings is 1. The standard InChI is InChI=1S/C10H16ClNS2/c1-3-7(2)13-9(6-12)8-4-5-10(11)14-8/h4-5,7,9H,3,6,12H2,1-2H3. The van der Waals surface area contributed by atoms with Crippen molar-refractivity contribution >= 4 is 34.7 Å². The molecule has 0 aliphatic heterocycles. The van der Waals surface area contributed by atoms with Gasteiger partial charge in [-0.1, -0.05) is 25.4 Å². The van der Waals surface area contributed by atoms with Gasteiger partial charge in [-0.25, -0.2) is 0 Å². The summed E-state index contributed by atoms with van der Waals surface area (Å²) in [6.07, 6.45) is 1.18. The van der Waals surface area contributed by atoms with Crippen LogP contribution < -0.4 is 5.73 Å². The fourth-order valence-corrected chi connectivity index (χ4v) is 3.56. The molecule has 0 saturated carbocycles. The van der Waals surface area contributed by atoms with Crippen molar-refractivity contribution in [2.24, 2.45) is 5.73 Å². The van der Waals surface area contributed by atoms with E-state index in [2.05, 4.69) is 19.9 Å². The van der Waals surface area contributed by atoms with Crippen LogP contribution in [0.3, 0.4) is 0 Å². The van der Waals surface area contributed by atoms with Crippen LogP contribution in [0, 0.1) is 0 Å². The molecule has 2 atom stereocenters. The van der Waals surface area contributed by atoms with Gasteiger partial charge in [0, 0.05) is 16.7 Å². The first-order valence-corrected chi connectivity index (χ1v) is 6.91. The maximum atomic E-state index is 5.90. The second kappa shape index (κ2) is 6.01. The topological polar surface area (TPSA) is 26.0 Å². The molecule has 1 nitrogen and oxygen atoms in total. The first-order valence-electron chi connectivity index (χ1n) is 4.78. The van der Waals surface area contributed by atoms with E-state index in [4.69, 9.17) is 17.3 Å². The van der Waals surface area contributed by atoms with Crippen LogP contribution in [-0.4, -0.2) is 11.8 Å². The van der Waals surface area contributed by atoms with Crippen LogP contribution in [0.4, 0.5) is 0 Å². The molecule has 0 radical (unpaired) electrons. The van der Waals surface area contributed by atoms with Crippen molar-refractivity contribution < 1.29 is 0 Å². The zero-order valence-corrected chi connectivity index (χ0v) is 10.9. The lowest BCUT2D eigenvalue weighted by atomic mass is 10.3. The van der Waals surface area contributed by atoms with E-state index >= 15 is 0 Å². The van der Waals surface area contributed by atoms with E-state index in [9.17, 15) is 0 Å². The van der Waals surface area contributed by atoms with Gasteiger partial charge in [0.05, 0.1) is 9.59 Å². The summed E-state index contributed by atoms with van der Waals surface area (Å²) in [5.41, 5.74) is 5.76. The summed E-state index contributed by atoms with van der Waals surface area (Å²) < 4.78 is 0.850. The minimum absolute atomic E-state index is 0.405. The molecule has 0 fully saturated rings. The van der Waals surface area contributed by atoms with Gasteiger partial charge in [0.2, 0.25) is 0 Å². The Hall–Kier alpha value is 0.300. The summed E-state index contributed by atoms with van der Waals surface area (Å²) in [6, 6.07) is 4.03. The third-order valence-electron chi connectivity index (χ3n) is 2.10. The van der Waals surface area contributed by atoms with Crippen LogP contribution in [-0.2, 0) is 0 Å². The number of nitrogens with two attached hydrogens (primary N) is 1. The molecule has 1 aromatic heterocycles. The number of hydrogen-bond acceptors (Lipinski definition) is 3. The van der Waals surface area contributed by atoms with E-state index in [-0.39, 0.29) is 0 Å². The Morgan fingerprint density at radius 3 is 2.71 bits per heavy atom. The van der Waals surface area contributed by atoms with Crippen LogP contribution in [0.2, 0.25) is 4.34 Å². The van der Waals surface area contributed by atoms with Gasteiger partial charge in [-0.2, -0.15) is 0 Å². The molecule has 1 heterocycles. The lowest BCUT2D eigenvalue weighted by Gasteiger charge is -2.16. The zero-order chi connectivity index (χ0) is 10.6. The fraction of sp³-hybridized carbons (Fsp3) is 0.600. The quantitative estimate of drug-likeness (QED) is 0.856. The summed E-state index contributed by atoms with van der Waals surface area (Å²) >= 11 is 9.48. The summed E-state index contributed by atoms with van der Waals surface area (Å²) in [5.74, 6) is 0. The van der Waals surface area contributed by atoms with E-state index in [0.29, 0.717) is 17.0 Å². The molecule has 1 aromatic rings. The zero-order valence-electron chi connectivity index (χ0n) is 8.50. The van der Waals surface area contributed by atoms with Gasteiger partial charge in [-0.15, -0.1) is 23.1 Å². The summed E-state index contributed by atoms with van der Waals surface area (Å²) in [6.45, 7) is 5.13. The van der Waals surface area contributed by atoms with Gasteiger partial charge in [0.1, 0.15) is 0 Å². The highest BCUT2D eigenvalue weighted by Gasteiger charge is 2.15. The molecule has 14 heavy (non-hydrogen) atoms. The molecule has 2 N–H and O–H groups in total. The van der Waals surface area contributed by atoms with Crippen LogP contribution in [0.15, 0.2) is 12.1 Å². The van der Waals surface area contributed by atoms with Gasteiger partial charge in [-0.05, 0) is 18.6 Å². The van der Waals surface area contributed by atoms with Gasteiger partial charge < -0.3 is 5.73 Å². The Kier molecular flexibility index (Phi) is 5.31. The van der Waals surface area contributed by atoms with Gasteiger partial charge >= 0.3 is 0 Å². The molecule has 1 rings (SSSR count). The third kappa shape index (κ3) is 3.46. The average Bonchev–Trinajstić information content (AvgIpc) is 2.60. The Balaban J connectivity index is 2.62. The maximum absolute atomic E-state index is 5.90. The first kappa shape index (κ1) is 12.4. The number of halogens is 1. The Morgan fingerprint density at radius 1 is 1.57 bits per heavy atom. The number of hydrogen-bond donors (Lipinski definition) is 1. The third-order valence-corrected chi connectivity index (χ3v) is 5.16. The lowest BCUT2D eigenvalue weighted by Crippen LogP contribution is -2.11. The second-order valence-electron chi connectivity index (χ2n) is 3.22. The van der Waals surface area contributed by atoms with Crippen LogP contribution in [0.5, 0.6) is 0 Å². The highest BCUT2D eigenvalue weighted by molar-refractivity contribution is 8.00. The number of rotatable bonds is 5. The Morgan fingerprint density at radius 2 is 2.29 bits per heavy atom. The van der Waals surface area contributed by atoms with Crippen LogP contribution in [0.25, 0.3) is 0 Å². The molecule has 0 saturated heterocycles. The highest BCUT2D eigenvalue weighted by Crippen LogP contribution is 2.37. The number of thioether (sulfide) groups is 1. The fourth-order valence-electron chi connectivity index (χ4n) is 1.12. The predicted octanol–water partition coefficient (Wildman–Crippen LogP) is 3.93. The Bertz CT molecular complexity index is 275. The largest absolute Gasteiger partial charge is 0.329 e. The molecule has 0 amide bonds. The molecular formula is C10H16ClNS2. The lowest BCUT2D eigenvalue weighted by molar-refractivity contribution is 0.880. The molecule has 0 aromatic carbocycles. The summed E-state index contributed by atoms with van der Waals surface area (Å²) in [4.78, 5) is 1.29. The minimum Gasteiger partial charge on any atom is -0.329 e. The first-order chi connectivity index (χ1) is 6.67. The Labute approximate surface area is 99.0 Å². The van der Waals surface area contributed by atoms with Gasteiger partial charge in [-0.3, -0.25) is 0 Å². The summed E-state index contributed by atoms with van der Waals surface area (Å²) in [7, 11) is 0.